The molecule has 0 fully saturated rings. The maximum absolute atomic E-state index is 4.67. The van der Waals surface area contributed by atoms with Gasteiger partial charge in [-0.05, 0) is 31.5 Å². The van der Waals surface area contributed by atoms with Crippen molar-refractivity contribution >= 4 is 23.1 Å². The SMILES string of the molecule is Cc1ccc(SCc2nc(CNCC(C)C)cs2)cc1. The minimum Gasteiger partial charge on any atom is -0.311 e. The summed E-state index contributed by atoms with van der Waals surface area (Å²) in [5, 5.41) is 6.80. The lowest BCUT2D eigenvalue weighted by Gasteiger charge is -2.04. The summed E-state index contributed by atoms with van der Waals surface area (Å²) in [6.45, 7) is 8.48. The Morgan fingerprint density at radius 3 is 2.70 bits per heavy atom. The zero-order chi connectivity index (χ0) is 14.4. The lowest BCUT2D eigenvalue weighted by atomic mass is 10.2. The summed E-state index contributed by atoms with van der Waals surface area (Å²) in [4.78, 5) is 5.99. The predicted molar refractivity (Wildman–Crippen MR) is 89.4 cm³/mol. The molecule has 1 heterocycles. The molecule has 0 aliphatic carbocycles. The third-order valence-corrected chi connectivity index (χ3v) is 4.94. The van der Waals surface area contributed by atoms with Gasteiger partial charge in [-0.1, -0.05) is 31.5 Å². The first-order chi connectivity index (χ1) is 9.63. The zero-order valence-electron chi connectivity index (χ0n) is 12.3. The lowest BCUT2D eigenvalue weighted by Crippen LogP contribution is -2.19. The smallest absolute Gasteiger partial charge is 0.103 e. The first-order valence-electron chi connectivity index (χ1n) is 6.97. The molecule has 0 unspecified atom stereocenters. The number of hydrogen-bond donors (Lipinski definition) is 1. The minimum absolute atomic E-state index is 0.685. The Morgan fingerprint density at radius 1 is 1.25 bits per heavy atom. The van der Waals surface area contributed by atoms with Crippen molar-refractivity contribution in [2.24, 2.45) is 5.92 Å². The van der Waals surface area contributed by atoms with Crippen molar-refractivity contribution in [3.05, 3.63) is 45.9 Å². The highest BCUT2D eigenvalue weighted by Gasteiger charge is 2.03. The fraction of sp³-hybridized carbons (Fsp3) is 0.438. The number of thioether (sulfide) groups is 1. The molecule has 0 amide bonds. The van der Waals surface area contributed by atoms with Crippen molar-refractivity contribution in [1.82, 2.24) is 10.3 Å². The van der Waals surface area contributed by atoms with Crippen LogP contribution in [-0.4, -0.2) is 11.5 Å². The predicted octanol–water partition coefficient (Wildman–Crippen LogP) is 4.49. The number of thiazole rings is 1. The number of aromatic nitrogens is 1. The van der Waals surface area contributed by atoms with Gasteiger partial charge in [0.25, 0.3) is 0 Å². The fourth-order valence-electron chi connectivity index (χ4n) is 1.76. The van der Waals surface area contributed by atoms with Crippen molar-refractivity contribution in [3.63, 3.8) is 0 Å². The molecule has 2 rings (SSSR count). The standard InChI is InChI=1S/C16H22N2S2/c1-12(2)8-17-9-14-10-20-16(18-14)11-19-15-6-4-13(3)5-7-15/h4-7,10,12,17H,8-9,11H2,1-3H3. The molecule has 0 saturated heterocycles. The van der Waals surface area contributed by atoms with Crippen LogP contribution in [0.1, 0.15) is 30.1 Å². The number of hydrogen-bond acceptors (Lipinski definition) is 4. The van der Waals surface area contributed by atoms with E-state index in [0.717, 1.165) is 24.5 Å². The highest BCUT2D eigenvalue weighted by atomic mass is 32.2. The summed E-state index contributed by atoms with van der Waals surface area (Å²) in [5.74, 6) is 1.64. The minimum atomic E-state index is 0.685. The highest BCUT2D eigenvalue weighted by molar-refractivity contribution is 7.98. The van der Waals surface area contributed by atoms with Crippen LogP contribution in [0.2, 0.25) is 0 Å². The van der Waals surface area contributed by atoms with Gasteiger partial charge in [-0.15, -0.1) is 23.1 Å². The normalized spacial score (nSPS) is 11.2. The van der Waals surface area contributed by atoms with Gasteiger partial charge in [0.05, 0.1) is 11.4 Å². The maximum atomic E-state index is 4.67. The Labute approximate surface area is 130 Å². The number of rotatable bonds is 7. The Balaban J connectivity index is 1.79. The summed E-state index contributed by atoms with van der Waals surface area (Å²) in [5.41, 5.74) is 2.47. The fourth-order valence-corrected chi connectivity index (χ4v) is 3.48. The van der Waals surface area contributed by atoms with Gasteiger partial charge in [0.2, 0.25) is 0 Å². The zero-order valence-corrected chi connectivity index (χ0v) is 14.0. The Morgan fingerprint density at radius 2 is 2.00 bits per heavy atom. The average molecular weight is 306 g/mol. The molecule has 4 heteroatoms. The highest BCUT2D eigenvalue weighted by Crippen LogP contribution is 2.24. The van der Waals surface area contributed by atoms with Gasteiger partial charge in [-0.25, -0.2) is 4.98 Å². The topological polar surface area (TPSA) is 24.9 Å². The van der Waals surface area contributed by atoms with Gasteiger partial charge in [-0.2, -0.15) is 0 Å². The van der Waals surface area contributed by atoms with Crippen LogP contribution < -0.4 is 5.32 Å². The van der Waals surface area contributed by atoms with Crippen LogP contribution >= 0.6 is 23.1 Å². The van der Waals surface area contributed by atoms with E-state index in [0.29, 0.717) is 5.92 Å². The van der Waals surface area contributed by atoms with Crippen LogP contribution in [0.5, 0.6) is 0 Å². The molecule has 1 aromatic heterocycles. The number of nitrogens with zero attached hydrogens (tertiary/aromatic N) is 1. The van der Waals surface area contributed by atoms with E-state index < -0.39 is 0 Å². The summed E-state index contributed by atoms with van der Waals surface area (Å²) in [6, 6.07) is 8.67. The van der Waals surface area contributed by atoms with E-state index in [1.165, 1.54) is 15.5 Å². The van der Waals surface area contributed by atoms with Gasteiger partial charge in [0.1, 0.15) is 5.01 Å². The molecule has 2 nitrogen and oxygen atoms in total. The van der Waals surface area contributed by atoms with E-state index in [4.69, 9.17) is 0 Å². The molecule has 0 aliphatic rings. The second-order valence-corrected chi connectivity index (χ2v) is 7.35. The molecule has 0 aliphatic heterocycles. The van der Waals surface area contributed by atoms with Crippen molar-refractivity contribution in [3.8, 4) is 0 Å². The van der Waals surface area contributed by atoms with Crippen LogP contribution in [0.15, 0.2) is 34.5 Å². The lowest BCUT2D eigenvalue weighted by molar-refractivity contribution is 0.549. The molecule has 0 saturated carbocycles. The van der Waals surface area contributed by atoms with Crippen LogP contribution in [-0.2, 0) is 12.3 Å². The molecule has 20 heavy (non-hydrogen) atoms. The molecule has 0 spiro atoms. The monoisotopic (exact) mass is 306 g/mol. The van der Waals surface area contributed by atoms with Crippen LogP contribution in [0.25, 0.3) is 0 Å². The largest absolute Gasteiger partial charge is 0.311 e. The molecule has 1 N–H and O–H groups in total. The van der Waals surface area contributed by atoms with E-state index in [1.54, 1.807) is 11.3 Å². The summed E-state index contributed by atoms with van der Waals surface area (Å²) in [6.07, 6.45) is 0. The maximum Gasteiger partial charge on any atom is 0.103 e. The first kappa shape index (κ1) is 15.5. The van der Waals surface area contributed by atoms with Crippen LogP contribution in [0, 0.1) is 12.8 Å². The number of benzene rings is 1. The van der Waals surface area contributed by atoms with E-state index in [2.05, 4.69) is 60.7 Å². The second-order valence-electron chi connectivity index (χ2n) is 5.36. The molecule has 1 aromatic carbocycles. The van der Waals surface area contributed by atoms with Crippen molar-refractivity contribution in [1.29, 1.82) is 0 Å². The molecule has 0 atom stereocenters. The van der Waals surface area contributed by atoms with Crippen LogP contribution in [0.4, 0.5) is 0 Å². The molecule has 0 radical (unpaired) electrons. The first-order valence-corrected chi connectivity index (χ1v) is 8.83. The van der Waals surface area contributed by atoms with E-state index in [-0.39, 0.29) is 0 Å². The molecule has 0 bridgehead atoms. The van der Waals surface area contributed by atoms with Crippen molar-refractivity contribution < 1.29 is 0 Å². The third kappa shape index (κ3) is 5.27. The van der Waals surface area contributed by atoms with Crippen molar-refractivity contribution in [2.45, 2.75) is 38.0 Å². The molecular weight excluding hydrogens is 284 g/mol. The Hall–Kier alpha value is -0.840. The molecule has 108 valence electrons. The van der Waals surface area contributed by atoms with Gasteiger partial charge in [-0.3, -0.25) is 0 Å². The van der Waals surface area contributed by atoms with E-state index in [9.17, 15) is 0 Å². The number of nitrogens with one attached hydrogen (secondary N) is 1. The van der Waals surface area contributed by atoms with E-state index >= 15 is 0 Å². The molecular formula is C16H22N2S2. The summed E-state index contributed by atoms with van der Waals surface area (Å²) < 4.78 is 0. The van der Waals surface area contributed by atoms with Gasteiger partial charge < -0.3 is 5.32 Å². The quantitative estimate of drug-likeness (QED) is 0.763. The molecule has 2 aromatic rings. The average Bonchev–Trinajstić information content (AvgIpc) is 2.86. The van der Waals surface area contributed by atoms with Crippen molar-refractivity contribution in [2.75, 3.05) is 6.54 Å². The van der Waals surface area contributed by atoms with Crippen LogP contribution in [0.3, 0.4) is 0 Å². The second kappa shape index (κ2) is 7.81. The Bertz CT molecular complexity index is 518. The van der Waals surface area contributed by atoms with Gasteiger partial charge >= 0.3 is 0 Å². The van der Waals surface area contributed by atoms with Gasteiger partial charge in [0, 0.05) is 16.8 Å². The number of aryl methyl sites for hydroxylation is 1. The van der Waals surface area contributed by atoms with E-state index in [1.807, 2.05) is 11.8 Å². The summed E-state index contributed by atoms with van der Waals surface area (Å²) >= 11 is 3.61. The third-order valence-electron chi connectivity index (χ3n) is 2.84. The Kier molecular flexibility index (Phi) is 6.07. The van der Waals surface area contributed by atoms with Gasteiger partial charge in [0.15, 0.2) is 0 Å². The summed E-state index contributed by atoms with van der Waals surface area (Å²) in [7, 11) is 0.